The van der Waals surface area contributed by atoms with E-state index in [0.717, 1.165) is 18.9 Å². The van der Waals surface area contributed by atoms with Gasteiger partial charge in [0, 0.05) is 0 Å². The van der Waals surface area contributed by atoms with Crippen molar-refractivity contribution in [2.24, 2.45) is 0 Å². The molecule has 0 aromatic heterocycles. The third-order valence-corrected chi connectivity index (χ3v) is 8.41. The van der Waals surface area contributed by atoms with Crippen molar-refractivity contribution in [2.45, 2.75) is 57.7 Å². The van der Waals surface area contributed by atoms with Gasteiger partial charge in [0.25, 0.3) is 0 Å². The van der Waals surface area contributed by atoms with Gasteiger partial charge in [-0.3, -0.25) is 0 Å². The van der Waals surface area contributed by atoms with Crippen molar-refractivity contribution in [1.29, 1.82) is 0 Å². The zero-order valence-corrected chi connectivity index (χ0v) is 13.3. The van der Waals surface area contributed by atoms with Gasteiger partial charge in [-0.05, 0) is 51.6 Å². The Morgan fingerprint density at radius 1 is 1.19 bits per heavy atom. The highest BCUT2D eigenvalue weighted by Gasteiger charge is 2.28. The second-order valence-electron chi connectivity index (χ2n) is 5.85. The molecule has 0 saturated carbocycles. The van der Waals surface area contributed by atoms with Crippen molar-refractivity contribution in [3.8, 4) is 0 Å². The van der Waals surface area contributed by atoms with Gasteiger partial charge >= 0.3 is 0 Å². The molecule has 0 rings (SSSR count). The Kier molecular flexibility index (Phi) is 7.04. The normalized spacial score (nSPS) is 15.2. The molecule has 0 aromatic carbocycles. The molecular formula is C11H27O3Si2. The summed E-state index contributed by atoms with van der Waals surface area (Å²) in [5.41, 5.74) is 0. The predicted molar refractivity (Wildman–Crippen MR) is 73.3 cm³/mol. The molecule has 0 aliphatic heterocycles. The van der Waals surface area contributed by atoms with Crippen LogP contribution in [-0.4, -0.2) is 39.6 Å². The first-order chi connectivity index (χ1) is 7.16. The molecule has 1 unspecified atom stereocenters. The molecule has 3 nitrogen and oxygen atoms in total. The van der Waals surface area contributed by atoms with E-state index >= 15 is 0 Å². The van der Waals surface area contributed by atoms with E-state index in [0.29, 0.717) is 0 Å². The Balaban J connectivity index is 3.74. The Labute approximate surface area is 102 Å². The van der Waals surface area contributed by atoms with Crippen LogP contribution in [0.15, 0.2) is 0 Å². The van der Waals surface area contributed by atoms with Gasteiger partial charge < -0.3 is 14.3 Å². The van der Waals surface area contributed by atoms with Gasteiger partial charge in [0.1, 0.15) is 0 Å². The number of hydrogen-bond donors (Lipinski definition) is 2. The molecule has 0 saturated heterocycles. The zero-order valence-electron chi connectivity index (χ0n) is 11.3. The summed E-state index contributed by atoms with van der Waals surface area (Å²) in [6, 6.07) is 1.12. The summed E-state index contributed by atoms with van der Waals surface area (Å²) < 4.78 is 6.21. The van der Waals surface area contributed by atoms with E-state index in [-0.39, 0.29) is 6.61 Å². The number of rotatable bonds is 8. The fraction of sp³-hybridized carbons (Fsp3) is 0.909. The second kappa shape index (κ2) is 6.91. The van der Waals surface area contributed by atoms with Gasteiger partial charge in [-0.15, -0.1) is 0 Å². The maximum absolute atomic E-state index is 9.16. The Bertz CT molecular complexity index is 190. The molecule has 2 N–H and O–H groups in total. The predicted octanol–water partition coefficient (Wildman–Crippen LogP) is 2.38. The summed E-state index contributed by atoms with van der Waals surface area (Å²) in [6.07, 6.45) is 3.01. The van der Waals surface area contributed by atoms with Crippen molar-refractivity contribution in [1.82, 2.24) is 0 Å². The molecule has 0 bridgehead atoms. The molecule has 16 heavy (non-hydrogen) atoms. The Morgan fingerprint density at radius 3 is 2.19 bits per heavy atom. The third-order valence-electron chi connectivity index (χ3n) is 2.19. The van der Waals surface area contributed by atoms with Crippen molar-refractivity contribution in [3.63, 3.8) is 0 Å². The van der Waals surface area contributed by atoms with Gasteiger partial charge in [-0.1, -0.05) is 6.42 Å². The van der Waals surface area contributed by atoms with Crippen LogP contribution >= 0.6 is 0 Å². The SMILES string of the molecule is C[Si](C)(C)O[Si](C)(C)CCC[CH]C(O)CO. The summed E-state index contributed by atoms with van der Waals surface area (Å²) in [4.78, 5) is 0. The molecule has 0 aliphatic carbocycles. The topological polar surface area (TPSA) is 49.7 Å². The van der Waals surface area contributed by atoms with E-state index in [1.54, 1.807) is 6.42 Å². The highest BCUT2D eigenvalue weighted by molar-refractivity contribution is 6.84. The van der Waals surface area contributed by atoms with Gasteiger partial charge in [0.15, 0.2) is 16.6 Å². The number of hydrogen-bond acceptors (Lipinski definition) is 3. The molecule has 0 aromatic rings. The fourth-order valence-corrected chi connectivity index (χ4v) is 9.89. The van der Waals surface area contributed by atoms with Crippen molar-refractivity contribution in [3.05, 3.63) is 6.42 Å². The summed E-state index contributed by atoms with van der Waals surface area (Å²) in [7, 11) is -2.94. The number of aliphatic hydroxyl groups is 2. The van der Waals surface area contributed by atoms with Crippen LogP contribution in [-0.2, 0) is 4.12 Å². The van der Waals surface area contributed by atoms with Crippen LogP contribution in [0.2, 0.25) is 38.8 Å². The average molecular weight is 264 g/mol. The van der Waals surface area contributed by atoms with E-state index in [2.05, 4.69) is 32.7 Å². The molecule has 0 heterocycles. The van der Waals surface area contributed by atoms with Crippen LogP contribution in [0.5, 0.6) is 0 Å². The van der Waals surface area contributed by atoms with Crippen LogP contribution in [0.3, 0.4) is 0 Å². The minimum atomic E-state index is -1.52. The standard InChI is InChI=1S/C11H27O3Si2/c1-15(2,3)14-16(4,5)9-7-6-8-11(13)10-12/h8,11-13H,6-7,9-10H2,1-5H3. The fourth-order valence-electron chi connectivity index (χ4n) is 1.79. The first kappa shape index (κ1) is 16.3. The van der Waals surface area contributed by atoms with Crippen LogP contribution in [0.1, 0.15) is 12.8 Å². The largest absolute Gasteiger partial charge is 0.456 e. The van der Waals surface area contributed by atoms with Gasteiger partial charge in [0.05, 0.1) is 12.7 Å². The van der Waals surface area contributed by atoms with Crippen molar-refractivity contribution >= 4 is 16.6 Å². The number of unbranched alkanes of at least 4 members (excludes halogenated alkanes) is 1. The minimum absolute atomic E-state index is 0.174. The molecular weight excluding hydrogens is 236 g/mol. The average Bonchev–Trinajstić information content (AvgIpc) is 2.08. The van der Waals surface area contributed by atoms with Crippen molar-refractivity contribution in [2.75, 3.05) is 6.61 Å². The Hall–Kier alpha value is 0.314. The van der Waals surface area contributed by atoms with Crippen LogP contribution in [0.25, 0.3) is 0 Å². The second-order valence-corrected chi connectivity index (χ2v) is 14.9. The quantitative estimate of drug-likeness (QED) is 0.522. The third kappa shape index (κ3) is 9.53. The highest BCUT2D eigenvalue weighted by Crippen LogP contribution is 2.21. The molecule has 97 valence electrons. The van der Waals surface area contributed by atoms with Crippen molar-refractivity contribution < 1.29 is 14.3 Å². The number of aliphatic hydroxyl groups excluding tert-OH is 2. The van der Waals surface area contributed by atoms with E-state index in [1.807, 2.05) is 0 Å². The maximum Gasteiger partial charge on any atom is 0.173 e. The lowest BCUT2D eigenvalue weighted by Crippen LogP contribution is -2.42. The molecule has 1 atom stereocenters. The van der Waals surface area contributed by atoms with Gasteiger partial charge in [-0.2, -0.15) is 0 Å². The molecule has 0 fully saturated rings. The first-order valence-electron chi connectivity index (χ1n) is 5.99. The van der Waals surface area contributed by atoms with Gasteiger partial charge in [0.2, 0.25) is 0 Å². The molecule has 1 radical (unpaired) electrons. The molecule has 0 spiro atoms. The van der Waals surface area contributed by atoms with E-state index < -0.39 is 22.7 Å². The summed E-state index contributed by atoms with van der Waals surface area (Å²) >= 11 is 0. The van der Waals surface area contributed by atoms with Crippen LogP contribution in [0, 0.1) is 6.42 Å². The van der Waals surface area contributed by atoms with Crippen LogP contribution in [0.4, 0.5) is 0 Å². The van der Waals surface area contributed by atoms with Crippen LogP contribution < -0.4 is 0 Å². The lowest BCUT2D eigenvalue weighted by molar-refractivity contribution is 0.116. The molecule has 0 amide bonds. The lowest BCUT2D eigenvalue weighted by Gasteiger charge is -2.31. The highest BCUT2D eigenvalue weighted by atomic mass is 28.4. The van der Waals surface area contributed by atoms with E-state index in [9.17, 15) is 0 Å². The lowest BCUT2D eigenvalue weighted by atomic mass is 10.2. The maximum atomic E-state index is 9.16. The van der Waals surface area contributed by atoms with Gasteiger partial charge in [-0.25, -0.2) is 0 Å². The summed E-state index contributed by atoms with van der Waals surface area (Å²) in [6.45, 7) is 11.0. The minimum Gasteiger partial charge on any atom is -0.456 e. The smallest absolute Gasteiger partial charge is 0.173 e. The first-order valence-corrected chi connectivity index (χ1v) is 12.5. The summed E-state index contributed by atoms with van der Waals surface area (Å²) in [5, 5.41) is 17.8. The van der Waals surface area contributed by atoms with E-state index in [4.69, 9.17) is 14.3 Å². The summed E-state index contributed by atoms with van der Waals surface area (Å²) in [5.74, 6) is 0. The van der Waals surface area contributed by atoms with E-state index in [1.165, 1.54) is 0 Å². The zero-order chi connectivity index (χ0) is 12.8. The molecule has 0 aliphatic rings. The monoisotopic (exact) mass is 263 g/mol. The molecule has 5 heteroatoms. The Morgan fingerprint density at radius 2 is 1.75 bits per heavy atom.